The van der Waals surface area contributed by atoms with Crippen LogP contribution in [-0.4, -0.2) is 36.1 Å². The monoisotopic (exact) mass is 284 g/mol. The van der Waals surface area contributed by atoms with Gasteiger partial charge in [-0.05, 0) is 37.8 Å². The molecule has 5 heteroatoms. The Morgan fingerprint density at radius 1 is 1.45 bits per heavy atom. The number of hydrogen-bond acceptors (Lipinski definition) is 3. The smallest absolute Gasteiger partial charge is 0.326 e. The zero-order chi connectivity index (χ0) is 15.3. The molecule has 1 fully saturated rings. The van der Waals surface area contributed by atoms with E-state index >= 15 is 0 Å². The van der Waals surface area contributed by atoms with Crippen molar-refractivity contribution in [3.05, 3.63) is 0 Å². The van der Waals surface area contributed by atoms with Gasteiger partial charge in [0, 0.05) is 5.41 Å². The number of nitrogens with one attached hydrogen (secondary N) is 2. The molecule has 0 spiro atoms. The Labute approximate surface area is 121 Å². The van der Waals surface area contributed by atoms with E-state index in [-0.39, 0.29) is 17.7 Å². The Balaban J connectivity index is 2.73. The Hall–Kier alpha value is -1.10. The summed E-state index contributed by atoms with van der Waals surface area (Å²) in [6.07, 6.45) is 2.80. The third-order valence-corrected chi connectivity index (χ3v) is 4.67. The van der Waals surface area contributed by atoms with Crippen molar-refractivity contribution in [1.29, 1.82) is 0 Å². The van der Waals surface area contributed by atoms with Crippen LogP contribution in [0.3, 0.4) is 0 Å². The quantitative estimate of drug-likeness (QED) is 0.692. The fourth-order valence-corrected chi connectivity index (χ4v) is 2.66. The number of carboxylic acid groups (broad SMARTS) is 1. The van der Waals surface area contributed by atoms with Crippen LogP contribution in [-0.2, 0) is 9.59 Å². The zero-order valence-corrected chi connectivity index (χ0v) is 13.0. The van der Waals surface area contributed by atoms with E-state index in [2.05, 4.69) is 10.6 Å². The molecule has 5 nitrogen and oxygen atoms in total. The zero-order valence-electron chi connectivity index (χ0n) is 13.0. The number of hydrogen-bond donors (Lipinski definition) is 3. The summed E-state index contributed by atoms with van der Waals surface area (Å²) in [5.41, 5.74) is -0.547. The molecular formula is C15H28N2O3. The molecule has 0 saturated carbocycles. The van der Waals surface area contributed by atoms with Gasteiger partial charge in [-0.15, -0.1) is 0 Å². The summed E-state index contributed by atoms with van der Waals surface area (Å²) in [6, 6.07) is -0.802. The minimum atomic E-state index is -0.953. The molecule has 116 valence electrons. The predicted octanol–water partition coefficient (Wildman–Crippen LogP) is 1.63. The summed E-state index contributed by atoms with van der Waals surface area (Å²) in [7, 11) is 0. The van der Waals surface area contributed by atoms with Gasteiger partial charge < -0.3 is 15.7 Å². The lowest BCUT2D eigenvalue weighted by Crippen LogP contribution is -2.53. The van der Waals surface area contributed by atoms with Gasteiger partial charge in [-0.25, -0.2) is 4.79 Å². The van der Waals surface area contributed by atoms with Crippen molar-refractivity contribution in [3.8, 4) is 0 Å². The number of carbonyl (C=O) groups excluding carboxylic acids is 1. The standard InChI is InChI=1S/C15H28N2O3/c1-5-10(2)12(13(18)19)17-14(20)15(3,4)11-7-6-8-16-9-11/h10-12,16H,5-9H2,1-4H3,(H,17,20)(H,18,19). The van der Waals surface area contributed by atoms with Crippen molar-refractivity contribution in [1.82, 2.24) is 10.6 Å². The Bertz CT molecular complexity index is 349. The highest BCUT2D eigenvalue weighted by molar-refractivity contribution is 5.87. The average Bonchev–Trinajstić information content (AvgIpc) is 2.44. The molecule has 3 N–H and O–H groups in total. The average molecular weight is 284 g/mol. The first-order valence-electron chi connectivity index (χ1n) is 7.55. The van der Waals surface area contributed by atoms with Crippen molar-refractivity contribution in [2.24, 2.45) is 17.3 Å². The minimum Gasteiger partial charge on any atom is -0.480 e. The van der Waals surface area contributed by atoms with Crippen LogP contribution in [0.15, 0.2) is 0 Å². The number of amides is 1. The van der Waals surface area contributed by atoms with Gasteiger partial charge in [-0.1, -0.05) is 34.1 Å². The highest BCUT2D eigenvalue weighted by Gasteiger charge is 2.39. The first-order valence-corrected chi connectivity index (χ1v) is 7.55. The van der Waals surface area contributed by atoms with Gasteiger partial charge in [0.1, 0.15) is 6.04 Å². The molecule has 1 aliphatic rings. The van der Waals surface area contributed by atoms with E-state index in [1.165, 1.54) is 0 Å². The SMILES string of the molecule is CCC(C)C(NC(=O)C(C)(C)C1CCCNC1)C(=O)O. The molecule has 0 aromatic carbocycles. The maximum Gasteiger partial charge on any atom is 0.326 e. The van der Waals surface area contributed by atoms with Gasteiger partial charge in [0.15, 0.2) is 0 Å². The van der Waals surface area contributed by atoms with Crippen LogP contribution in [0.2, 0.25) is 0 Å². The molecule has 1 rings (SSSR count). The summed E-state index contributed by atoms with van der Waals surface area (Å²) in [5.74, 6) is -0.927. The normalized spacial score (nSPS) is 22.9. The maximum atomic E-state index is 12.5. The van der Waals surface area contributed by atoms with Crippen molar-refractivity contribution in [2.75, 3.05) is 13.1 Å². The molecule has 0 aromatic rings. The van der Waals surface area contributed by atoms with Crippen LogP contribution in [0.1, 0.15) is 47.0 Å². The molecule has 0 aromatic heterocycles. The molecule has 0 radical (unpaired) electrons. The summed E-state index contributed by atoms with van der Waals surface area (Å²) in [4.78, 5) is 23.8. The predicted molar refractivity (Wildman–Crippen MR) is 78.4 cm³/mol. The maximum absolute atomic E-state index is 12.5. The van der Waals surface area contributed by atoms with Crippen molar-refractivity contribution >= 4 is 11.9 Å². The van der Waals surface area contributed by atoms with Crippen molar-refractivity contribution in [2.45, 2.75) is 53.0 Å². The topological polar surface area (TPSA) is 78.4 Å². The molecule has 20 heavy (non-hydrogen) atoms. The lowest BCUT2D eigenvalue weighted by molar-refractivity contribution is -0.146. The molecule has 3 unspecified atom stereocenters. The fraction of sp³-hybridized carbons (Fsp3) is 0.867. The third kappa shape index (κ3) is 3.95. The first kappa shape index (κ1) is 17.0. The van der Waals surface area contributed by atoms with E-state index in [1.807, 2.05) is 27.7 Å². The van der Waals surface area contributed by atoms with Gasteiger partial charge in [0.25, 0.3) is 0 Å². The second kappa shape index (κ2) is 7.07. The van der Waals surface area contributed by atoms with Crippen LogP contribution < -0.4 is 10.6 Å². The second-order valence-corrected chi connectivity index (χ2v) is 6.44. The largest absolute Gasteiger partial charge is 0.480 e. The molecule has 0 bridgehead atoms. The second-order valence-electron chi connectivity index (χ2n) is 6.44. The summed E-state index contributed by atoms with van der Waals surface area (Å²) in [6.45, 7) is 9.43. The van der Waals surface area contributed by atoms with Crippen LogP contribution in [0.25, 0.3) is 0 Å². The molecular weight excluding hydrogens is 256 g/mol. The summed E-state index contributed by atoms with van der Waals surface area (Å²) >= 11 is 0. The molecule has 1 heterocycles. The third-order valence-electron chi connectivity index (χ3n) is 4.67. The van der Waals surface area contributed by atoms with E-state index in [0.717, 1.165) is 32.4 Å². The highest BCUT2D eigenvalue weighted by atomic mass is 16.4. The van der Waals surface area contributed by atoms with Crippen molar-refractivity contribution < 1.29 is 14.7 Å². The van der Waals surface area contributed by atoms with E-state index in [0.29, 0.717) is 0 Å². The molecule has 1 amide bonds. The summed E-state index contributed by atoms with van der Waals surface area (Å²) < 4.78 is 0. The number of carbonyl (C=O) groups is 2. The lowest BCUT2D eigenvalue weighted by Gasteiger charge is -2.37. The number of rotatable bonds is 6. The number of carboxylic acids is 1. The van der Waals surface area contributed by atoms with Gasteiger partial charge in [0.05, 0.1) is 0 Å². The van der Waals surface area contributed by atoms with E-state index in [9.17, 15) is 14.7 Å². The van der Waals surface area contributed by atoms with Gasteiger partial charge in [0.2, 0.25) is 5.91 Å². The van der Waals surface area contributed by atoms with Crippen molar-refractivity contribution in [3.63, 3.8) is 0 Å². The lowest BCUT2D eigenvalue weighted by atomic mass is 9.74. The first-order chi connectivity index (χ1) is 9.30. The van der Waals surface area contributed by atoms with Gasteiger partial charge in [-0.3, -0.25) is 4.79 Å². The number of aliphatic carboxylic acids is 1. The summed E-state index contributed by atoms with van der Waals surface area (Å²) in [5, 5.41) is 15.3. The molecule has 1 saturated heterocycles. The Kier molecular flexibility index (Phi) is 5.99. The van der Waals surface area contributed by atoms with Gasteiger partial charge in [-0.2, -0.15) is 0 Å². The van der Waals surface area contributed by atoms with Crippen LogP contribution in [0.4, 0.5) is 0 Å². The molecule has 1 aliphatic heterocycles. The number of piperidine rings is 1. The van der Waals surface area contributed by atoms with E-state index < -0.39 is 17.4 Å². The van der Waals surface area contributed by atoms with Crippen LogP contribution in [0, 0.1) is 17.3 Å². The fourth-order valence-electron chi connectivity index (χ4n) is 2.66. The Morgan fingerprint density at radius 3 is 2.55 bits per heavy atom. The minimum absolute atomic E-state index is 0.0725. The van der Waals surface area contributed by atoms with Crippen LogP contribution >= 0.6 is 0 Å². The molecule has 0 aliphatic carbocycles. The molecule has 3 atom stereocenters. The highest BCUT2D eigenvalue weighted by Crippen LogP contribution is 2.32. The van der Waals surface area contributed by atoms with Crippen LogP contribution in [0.5, 0.6) is 0 Å². The van der Waals surface area contributed by atoms with E-state index in [4.69, 9.17) is 0 Å². The van der Waals surface area contributed by atoms with E-state index in [1.54, 1.807) is 0 Å². The Morgan fingerprint density at radius 2 is 2.10 bits per heavy atom. The van der Waals surface area contributed by atoms with Gasteiger partial charge >= 0.3 is 5.97 Å².